The van der Waals surface area contributed by atoms with E-state index in [1.54, 1.807) is 0 Å². The van der Waals surface area contributed by atoms with Gasteiger partial charge in [-0.1, -0.05) is 18.2 Å². The summed E-state index contributed by atoms with van der Waals surface area (Å²) in [6.45, 7) is 2.71. The van der Waals surface area contributed by atoms with E-state index in [0.717, 1.165) is 30.0 Å². The maximum atomic E-state index is 5.92. The maximum Gasteiger partial charge on any atom is 0.133 e. The van der Waals surface area contributed by atoms with Crippen LogP contribution in [0.5, 0.6) is 0 Å². The molecule has 19 heavy (non-hydrogen) atoms. The van der Waals surface area contributed by atoms with Gasteiger partial charge in [0.2, 0.25) is 0 Å². The first-order valence-electron chi connectivity index (χ1n) is 6.80. The van der Waals surface area contributed by atoms with Crippen LogP contribution in [0.2, 0.25) is 0 Å². The third-order valence-corrected chi connectivity index (χ3v) is 4.57. The van der Waals surface area contributed by atoms with Gasteiger partial charge < -0.3 is 10.6 Å². The van der Waals surface area contributed by atoms with Gasteiger partial charge in [-0.05, 0) is 24.3 Å². The van der Waals surface area contributed by atoms with Crippen LogP contribution in [0.25, 0.3) is 10.9 Å². The number of benzene rings is 1. The molecule has 0 spiro atoms. The van der Waals surface area contributed by atoms with Gasteiger partial charge in [0, 0.05) is 36.3 Å². The lowest BCUT2D eigenvalue weighted by Gasteiger charge is -2.24. The molecule has 0 atom stereocenters. The van der Waals surface area contributed by atoms with Crippen LogP contribution in [0.3, 0.4) is 0 Å². The normalized spacial score (nSPS) is 16.6. The molecule has 0 saturated carbocycles. The Morgan fingerprint density at radius 2 is 2.11 bits per heavy atom. The second kappa shape index (κ2) is 5.80. The minimum absolute atomic E-state index is 0.552. The fourth-order valence-corrected chi connectivity index (χ4v) is 3.42. The first kappa shape index (κ1) is 12.8. The van der Waals surface area contributed by atoms with E-state index in [1.807, 2.05) is 23.9 Å². The standard InChI is InChI=1S/C15H19N3S/c16-11-13-10-12-4-1-2-5-14(12)17-15(13)18-6-3-8-19-9-7-18/h1-2,4-5,10H,3,6-9,11,16H2. The predicted molar refractivity (Wildman–Crippen MR) is 83.8 cm³/mol. The molecule has 3 nitrogen and oxygen atoms in total. The molecule has 2 heterocycles. The second-order valence-corrected chi connectivity index (χ2v) is 6.05. The number of para-hydroxylation sites is 1. The summed E-state index contributed by atoms with van der Waals surface area (Å²) in [6.07, 6.45) is 1.23. The van der Waals surface area contributed by atoms with Crippen molar-refractivity contribution < 1.29 is 0 Å². The van der Waals surface area contributed by atoms with Crippen LogP contribution in [0.4, 0.5) is 5.82 Å². The number of rotatable bonds is 2. The van der Waals surface area contributed by atoms with Crippen molar-refractivity contribution >= 4 is 28.5 Å². The SMILES string of the molecule is NCc1cc2ccccc2nc1N1CCCSCC1. The Morgan fingerprint density at radius 1 is 1.21 bits per heavy atom. The van der Waals surface area contributed by atoms with Gasteiger partial charge in [0.25, 0.3) is 0 Å². The molecule has 2 aromatic rings. The minimum Gasteiger partial charge on any atom is -0.355 e. The van der Waals surface area contributed by atoms with E-state index in [4.69, 9.17) is 10.7 Å². The van der Waals surface area contributed by atoms with E-state index < -0.39 is 0 Å². The summed E-state index contributed by atoms with van der Waals surface area (Å²) in [7, 11) is 0. The molecular formula is C15H19N3S. The Hall–Kier alpha value is -1.26. The molecule has 0 radical (unpaired) electrons. The Labute approximate surface area is 118 Å². The molecule has 0 aliphatic carbocycles. The highest BCUT2D eigenvalue weighted by Gasteiger charge is 2.15. The summed E-state index contributed by atoms with van der Waals surface area (Å²) in [5.41, 5.74) is 8.14. The third-order valence-electron chi connectivity index (χ3n) is 3.52. The number of thioether (sulfide) groups is 1. The number of fused-ring (bicyclic) bond motifs is 1. The molecule has 0 unspecified atom stereocenters. The Morgan fingerprint density at radius 3 is 3.00 bits per heavy atom. The van der Waals surface area contributed by atoms with Gasteiger partial charge >= 0.3 is 0 Å². The molecule has 100 valence electrons. The largest absolute Gasteiger partial charge is 0.355 e. The Balaban J connectivity index is 2.04. The molecule has 0 amide bonds. The molecule has 1 aliphatic rings. The fourth-order valence-electron chi connectivity index (χ4n) is 2.53. The lowest BCUT2D eigenvalue weighted by molar-refractivity contribution is 0.794. The molecule has 2 N–H and O–H groups in total. The summed E-state index contributed by atoms with van der Waals surface area (Å²) in [4.78, 5) is 7.25. The van der Waals surface area contributed by atoms with Gasteiger partial charge in [-0.25, -0.2) is 4.98 Å². The molecule has 0 bridgehead atoms. The van der Waals surface area contributed by atoms with Crippen LogP contribution in [0.15, 0.2) is 30.3 Å². The first-order chi connectivity index (χ1) is 9.38. The maximum absolute atomic E-state index is 5.92. The molecule has 1 aromatic heterocycles. The summed E-state index contributed by atoms with van der Waals surface area (Å²) in [5, 5.41) is 1.18. The zero-order chi connectivity index (χ0) is 13.1. The van der Waals surface area contributed by atoms with E-state index in [0.29, 0.717) is 6.54 Å². The van der Waals surface area contributed by atoms with Crippen LogP contribution in [0.1, 0.15) is 12.0 Å². The molecule has 4 heteroatoms. The van der Waals surface area contributed by atoms with Crippen LogP contribution >= 0.6 is 11.8 Å². The number of hydrogen-bond acceptors (Lipinski definition) is 4. The van der Waals surface area contributed by atoms with Crippen LogP contribution in [-0.2, 0) is 6.54 Å². The molecule has 1 aromatic carbocycles. The average molecular weight is 273 g/mol. The second-order valence-electron chi connectivity index (χ2n) is 4.82. The van der Waals surface area contributed by atoms with Crippen LogP contribution in [-0.4, -0.2) is 29.6 Å². The monoisotopic (exact) mass is 273 g/mol. The molecule has 1 saturated heterocycles. The quantitative estimate of drug-likeness (QED) is 0.913. The first-order valence-corrected chi connectivity index (χ1v) is 7.95. The summed E-state index contributed by atoms with van der Waals surface area (Å²) in [6, 6.07) is 10.5. The Kier molecular flexibility index (Phi) is 3.89. The van der Waals surface area contributed by atoms with E-state index >= 15 is 0 Å². The molecule has 1 fully saturated rings. The van der Waals surface area contributed by atoms with Gasteiger partial charge in [0.15, 0.2) is 0 Å². The van der Waals surface area contributed by atoms with Crippen molar-refractivity contribution in [3.05, 3.63) is 35.9 Å². The average Bonchev–Trinajstić information content (AvgIpc) is 2.74. The molecular weight excluding hydrogens is 254 g/mol. The van der Waals surface area contributed by atoms with E-state index in [9.17, 15) is 0 Å². The predicted octanol–water partition coefficient (Wildman–Crippen LogP) is 2.64. The zero-order valence-electron chi connectivity index (χ0n) is 11.0. The van der Waals surface area contributed by atoms with E-state index in [-0.39, 0.29) is 0 Å². The molecule has 1 aliphatic heterocycles. The van der Waals surface area contributed by atoms with Crippen molar-refractivity contribution in [1.82, 2.24) is 4.98 Å². The van der Waals surface area contributed by atoms with Crippen molar-refractivity contribution in [3.8, 4) is 0 Å². The highest BCUT2D eigenvalue weighted by atomic mass is 32.2. The minimum atomic E-state index is 0.552. The highest BCUT2D eigenvalue weighted by molar-refractivity contribution is 7.99. The topological polar surface area (TPSA) is 42.1 Å². The summed E-state index contributed by atoms with van der Waals surface area (Å²) >= 11 is 2.03. The number of aromatic nitrogens is 1. The number of pyridine rings is 1. The highest BCUT2D eigenvalue weighted by Crippen LogP contribution is 2.25. The molecule has 3 rings (SSSR count). The van der Waals surface area contributed by atoms with Gasteiger partial charge in [0.1, 0.15) is 5.82 Å². The van der Waals surface area contributed by atoms with Crippen molar-refractivity contribution in [2.45, 2.75) is 13.0 Å². The van der Waals surface area contributed by atoms with Crippen LogP contribution in [0, 0.1) is 0 Å². The van der Waals surface area contributed by atoms with Crippen LogP contribution < -0.4 is 10.6 Å². The van der Waals surface area contributed by atoms with E-state index in [2.05, 4.69) is 23.1 Å². The number of nitrogens with two attached hydrogens (primary N) is 1. The van der Waals surface area contributed by atoms with Crippen molar-refractivity contribution in [1.29, 1.82) is 0 Å². The third kappa shape index (κ3) is 2.69. The summed E-state index contributed by atoms with van der Waals surface area (Å²) in [5.74, 6) is 3.52. The lowest BCUT2D eigenvalue weighted by Crippen LogP contribution is -2.28. The fraction of sp³-hybridized carbons (Fsp3) is 0.400. The van der Waals surface area contributed by atoms with Gasteiger partial charge in [0.05, 0.1) is 5.52 Å². The Bertz CT molecular complexity index is 562. The number of anilines is 1. The lowest BCUT2D eigenvalue weighted by atomic mass is 10.1. The van der Waals surface area contributed by atoms with Crippen molar-refractivity contribution in [2.24, 2.45) is 5.73 Å². The van der Waals surface area contributed by atoms with Gasteiger partial charge in [-0.2, -0.15) is 11.8 Å². The number of hydrogen-bond donors (Lipinski definition) is 1. The smallest absolute Gasteiger partial charge is 0.133 e. The van der Waals surface area contributed by atoms with Gasteiger partial charge in [-0.3, -0.25) is 0 Å². The van der Waals surface area contributed by atoms with E-state index in [1.165, 1.54) is 23.3 Å². The van der Waals surface area contributed by atoms with Crippen molar-refractivity contribution in [3.63, 3.8) is 0 Å². The zero-order valence-corrected chi connectivity index (χ0v) is 11.8. The van der Waals surface area contributed by atoms with Crippen molar-refractivity contribution in [2.75, 3.05) is 29.5 Å². The van der Waals surface area contributed by atoms with Gasteiger partial charge in [-0.15, -0.1) is 0 Å². The summed E-state index contributed by atoms with van der Waals surface area (Å²) < 4.78 is 0. The number of nitrogens with zero attached hydrogens (tertiary/aromatic N) is 2.